The Hall–Kier alpha value is -2.67. The third-order valence-corrected chi connectivity index (χ3v) is 5.93. The van der Waals surface area contributed by atoms with E-state index in [0.29, 0.717) is 31.2 Å². The fraction of sp³-hybridized carbons (Fsp3) is 0.318. The minimum absolute atomic E-state index is 0.0879. The van der Waals surface area contributed by atoms with E-state index in [2.05, 4.69) is 26.1 Å². The van der Waals surface area contributed by atoms with Crippen molar-refractivity contribution in [2.24, 2.45) is 0 Å². The number of cyclic esters (lactones) is 1. The lowest BCUT2D eigenvalue weighted by molar-refractivity contribution is -0.0633. The molecule has 1 amide bonds. The SMILES string of the molecule is Cc1nnc(C[C@]2(c3ccccc3)CCN([C@@H](C)c3ccc(Br)cc3)C(=O)O2)o1. The van der Waals surface area contributed by atoms with Gasteiger partial charge in [-0.05, 0) is 30.2 Å². The van der Waals surface area contributed by atoms with Crippen molar-refractivity contribution in [1.82, 2.24) is 15.1 Å². The summed E-state index contributed by atoms with van der Waals surface area (Å²) in [5, 5.41) is 8.03. The average molecular weight is 456 g/mol. The molecule has 2 heterocycles. The van der Waals surface area contributed by atoms with Crippen LogP contribution >= 0.6 is 15.9 Å². The molecule has 150 valence electrons. The smallest absolute Gasteiger partial charge is 0.411 e. The highest BCUT2D eigenvalue weighted by atomic mass is 79.9. The molecule has 0 aliphatic carbocycles. The highest BCUT2D eigenvalue weighted by Gasteiger charge is 2.44. The number of aromatic nitrogens is 2. The Labute approximate surface area is 178 Å². The summed E-state index contributed by atoms with van der Waals surface area (Å²) in [5.74, 6) is 0.962. The second-order valence-electron chi connectivity index (χ2n) is 7.29. The van der Waals surface area contributed by atoms with Gasteiger partial charge in [0.25, 0.3) is 0 Å². The first-order valence-corrected chi connectivity index (χ1v) is 10.4. The molecule has 6 nitrogen and oxygen atoms in total. The van der Waals surface area contributed by atoms with Crippen molar-refractivity contribution in [2.45, 2.75) is 38.3 Å². The topological polar surface area (TPSA) is 68.5 Å². The molecule has 1 fully saturated rings. The number of carbonyl (C=O) groups is 1. The Morgan fingerprint density at radius 2 is 1.86 bits per heavy atom. The van der Waals surface area contributed by atoms with Gasteiger partial charge in [-0.15, -0.1) is 10.2 Å². The molecule has 29 heavy (non-hydrogen) atoms. The van der Waals surface area contributed by atoms with Crippen molar-refractivity contribution in [3.8, 4) is 0 Å². The molecular weight excluding hydrogens is 434 g/mol. The molecule has 7 heteroatoms. The summed E-state index contributed by atoms with van der Waals surface area (Å²) in [6.45, 7) is 4.33. The third-order valence-electron chi connectivity index (χ3n) is 5.40. The molecule has 1 aliphatic rings. The molecule has 4 rings (SSSR count). The molecule has 1 aliphatic heterocycles. The number of hydrogen-bond donors (Lipinski definition) is 0. The van der Waals surface area contributed by atoms with E-state index in [1.165, 1.54) is 0 Å². The standard InChI is InChI=1S/C22H22BrN3O3/c1-15(17-8-10-19(23)11-9-17)26-13-12-22(29-21(26)27,18-6-4-3-5-7-18)14-20-25-24-16(2)28-20/h3-11,15H,12-14H2,1-2H3/t15-,22-/m0/s1. The van der Waals surface area contributed by atoms with Crippen LogP contribution < -0.4 is 0 Å². The van der Waals surface area contributed by atoms with Crippen LogP contribution in [0, 0.1) is 6.92 Å². The molecule has 0 N–H and O–H groups in total. The maximum Gasteiger partial charge on any atom is 0.411 e. The molecule has 0 saturated carbocycles. The minimum atomic E-state index is -0.826. The fourth-order valence-electron chi connectivity index (χ4n) is 3.77. The Morgan fingerprint density at radius 1 is 1.14 bits per heavy atom. The summed E-state index contributed by atoms with van der Waals surface area (Å²) in [5.41, 5.74) is 1.16. The van der Waals surface area contributed by atoms with Gasteiger partial charge in [-0.1, -0.05) is 58.4 Å². The molecule has 1 saturated heterocycles. The average Bonchev–Trinajstić information content (AvgIpc) is 3.13. The molecule has 3 aromatic rings. The minimum Gasteiger partial charge on any atom is -0.437 e. The van der Waals surface area contributed by atoms with Crippen molar-refractivity contribution < 1.29 is 13.9 Å². The molecule has 0 bridgehead atoms. The summed E-state index contributed by atoms with van der Waals surface area (Å²) in [4.78, 5) is 14.9. The lowest BCUT2D eigenvalue weighted by Gasteiger charge is -2.43. The number of nitrogens with zero attached hydrogens (tertiary/aromatic N) is 3. The predicted molar refractivity (Wildman–Crippen MR) is 111 cm³/mol. The van der Waals surface area contributed by atoms with Gasteiger partial charge in [0.15, 0.2) is 0 Å². The van der Waals surface area contributed by atoms with Crippen LogP contribution in [0.5, 0.6) is 0 Å². The lowest BCUT2D eigenvalue weighted by atomic mass is 9.85. The van der Waals surface area contributed by atoms with Crippen molar-refractivity contribution in [1.29, 1.82) is 0 Å². The summed E-state index contributed by atoms with van der Waals surface area (Å²) < 4.78 is 12.7. The number of amides is 1. The van der Waals surface area contributed by atoms with Gasteiger partial charge in [-0.25, -0.2) is 4.79 Å². The van der Waals surface area contributed by atoms with E-state index < -0.39 is 5.60 Å². The summed E-state index contributed by atoms with van der Waals surface area (Å²) in [7, 11) is 0. The maximum absolute atomic E-state index is 13.1. The highest BCUT2D eigenvalue weighted by Crippen LogP contribution is 2.39. The van der Waals surface area contributed by atoms with Crippen molar-refractivity contribution in [2.75, 3.05) is 6.54 Å². The normalized spacial score (nSPS) is 20.4. The van der Waals surface area contributed by atoms with Crippen LogP contribution in [-0.2, 0) is 16.8 Å². The van der Waals surface area contributed by atoms with E-state index >= 15 is 0 Å². The zero-order chi connectivity index (χ0) is 20.4. The molecule has 2 atom stereocenters. The Bertz CT molecular complexity index is 990. The van der Waals surface area contributed by atoms with E-state index in [9.17, 15) is 4.79 Å². The van der Waals surface area contributed by atoms with Crippen LogP contribution in [0.15, 0.2) is 63.5 Å². The quantitative estimate of drug-likeness (QED) is 0.529. The Balaban J connectivity index is 1.60. The highest BCUT2D eigenvalue weighted by molar-refractivity contribution is 9.10. The van der Waals surface area contributed by atoms with Gasteiger partial charge in [-0.2, -0.15) is 0 Å². The van der Waals surface area contributed by atoms with Gasteiger partial charge in [0.1, 0.15) is 5.60 Å². The van der Waals surface area contributed by atoms with Crippen molar-refractivity contribution in [3.63, 3.8) is 0 Å². The molecule has 0 radical (unpaired) electrons. The van der Waals surface area contributed by atoms with Crippen LogP contribution in [0.2, 0.25) is 0 Å². The first-order valence-electron chi connectivity index (χ1n) is 9.56. The zero-order valence-electron chi connectivity index (χ0n) is 16.3. The van der Waals surface area contributed by atoms with Crippen LogP contribution in [0.1, 0.15) is 42.3 Å². The molecule has 0 unspecified atom stereocenters. The van der Waals surface area contributed by atoms with E-state index in [1.807, 2.05) is 61.5 Å². The summed E-state index contributed by atoms with van der Waals surface area (Å²) >= 11 is 3.45. The second-order valence-corrected chi connectivity index (χ2v) is 8.21. The molecule has 1 aromatic heterocycles. The van der Waals surface area contributed by atoms with Gasteiger partial charge in [0.2, 0.25) is 11.8 Å². The molecule has 0 spiro atoms. The third kappa shape index (κ3) is 4.05. The first-order chi connectivity index (χ1) is 14.0. The Morgan fingerprint density at radius 3 is 2.48 bits per heavy atom. The van der Waals surface area contributed by atoms with Gasteiger partial charge in [0.05, 0.1) is 12.5 Å². The van der Waals surface area contributed by atoms with Gasteiger partial charge >= 0.3 is 6.09 Å². The maximum atomic E-state index is 13.1. The van der Waals surface area contributed by atoms with E-state index in [1.54, 1.807) is 11.8 Å². The predicted octanol–water partition coefficient (Wildman–Crippen LogP) is 5.18. The van der Waals surface area contributed by atoms with Gasteiger partial charge < -0.3 is 14.1 Å². The number of ether oxygens (including phenoxy) is 1. The lowest BCUT2D eigenvalue weighted by Crippen LogP contribution is -2.49. The number of carbonyl (C=O) groups excluding carboxylic acids is 1. The van der Waals surface area contributed by atoms with Crippen LogP contribution in [0.25, 0.3) is 0 Å². The number of benzene rings is 2. The van der Waals surface area contributed by atoms with E-state index in [0.717, 1.165) is 15.6 Å². The van der Waals surface area contributed by atoms with Crippen molar-refractivity contribution >= 4 is 22.0 Å². The number of aryl methyl sites for hydroxylation is 1. The molecular formula is C22H22BrN3O3. The van der Waals surface area contributed by atoms with E-state index in [4.69, 9.17) is 9.15 Å². The second kappa shape index (κ2) is 7.99. The number of rotatable bonds is 5. The van der Waals surface area contributed by atoms with Crippen LogP contribution in [-0.4, -0.2) is 27.7 Å². The molecule has 2 aromatic carbocycles. The van der Waals surface area contributed by atoms with Gasteiger partial charge in [-0.3, -0.25) is 0 Å². The number of halogens is 1. The van der Waals surface area contributed by atoms with Gasteiger partial charge in [0, 0.05) is 24.4 Å². The summed E-state index contributed by atoms with van der Waals surface area (Å²) in [6.07, 6.45) is 0.640. The largest absolute Gasteiger partial charge is 0.437 e. The van der Waals surface area contributed by atoms with E-state index in [-0.39, 0.29) is 12.1 Å². The first kappa shape index (κ1) is 19.6. The van der Waals surface area contributed by atoms with Crippen LogP contribution in [0.3, 0.4) is 0 Å². The van der Waals surface area contributed by atoms with Crippen molar-refractivity contribution in [3.05, 3.63) is 82.0 Å². The number of hydrogen-bond acceptors (Lipinski definition) is 5. The Kier molecular flexibility index (Phi) is 5.41. The van der Waals surface area contributed by atoms with Crippen LogP contribution in [0.4, 0.5) is 4.79 Å². The fourth-order valence-corrected chi connectivity index (χ4v) is 4.03. The zero-order valence-corrected chi connectivity index (χ0v) is 17.9. The summed E-state index contributed by atoms with van der Waals surface area (Å²) in [6, 6.07) is 17.7. The monoisotopic (exact) mass is 455 g/mol.